The third-order valence-corrected chi connectivity index (χ3v) is 3.98. The topological polar surface area (TPSA) is 43.1 Å². The predicted octanol–water partition coefficient (Wildman–Crippen LogP) is 2.62. The summed E-state index contributed by atoms with van der Waals surface area (Å²) in [5.74, 6) is 0.202. The second kappa shape index (κ2) is 4.06. The Hall–Kier alpha value is -0.670. The second-order valence-corrected chi connectivity index (χ2v) is 5.86. The van der Waals surface area contributed by atoms with E-state index in [1.54, 1.807) is 11.3 Å². The standard InChI is InChI=1S/C12H19NOS/c1-11(2,12(3,4)13)10(14)7-9-5-6-15-8-9/h5-6,8H,7,13H2,1-4H3. The van der Waals surface area contributed by atoms with Crippen LogP contribution >= 0.6 is 11.3 Å². The molecule has 15 heavy (non-hydrogen) atoms. The van der Waals surface area contributed by atoms with Crippen LogP contribution in [-0.4, -0.2) is 11.3 Å². The number of Topliss-reactive ketones (excluding diaryl/α,β-unsaturated/α-hetero) is 1. The van der Waals surface area contributed by atoms with Gasteiger partial charge >= 0.3 is 0 Å². The van der Waals surface area contributed by atoms with E-state index >= 15 is 0 Å². The van der Waals surface area contributed by atoms with Gasteiger partial charge in [-0.25, -0.2) is 0 Å². The van der Waals surface area contributed by atoms with Crippen molar-refractivity contribution in [3.63, 3.8) is 0 Å². The molecule has 0 aliphatic carbocycles. The van der Waals surface area contributed by atoms with Crippen LogP contribution in [0.4, 0.5) is 0 Å². The molecule has 0 amide bonds. The van der Waals surface area contributed by atoms with Crippen molar-refractivity contribution in [1.29, 1.82) is 0 Å². The summed E-state index contributed by atoms with van der Waals surface area (Å²) in [6.07, 6.45) is 0.483. The van der Waals surface area contributed by atoms with Crippen LogP contribution in [0.2, 0.25) is 0 Å². The molecule has 1 rings (SSSR count). The molecule has 2 nitrogen and oxygen atoms in total. The van der Waals surface area contributed by atoms with Crippen LogP contribution in [0.25, 0.3) is 0 Å². The molecule has 0 bridgehead atoms. The Bertz CT molecular complexity index is 333. The molecule has 0 aromatic carbocycles. The van der Waals surface area contributed by atoms with Crippen molar-refractivity contribution in [2.45, 2.75) is 39.7 Å². The first-order chi connectivity index (χ1) is 6.75. The van der Waals surface area contributed by atoms with E-state index in [1.165, 1.54) is 0 Å². The third kappa shape index (κ3) is 2.67. The van der Waals surface area contributed by atoms with Crippen LogP contribution in [-0.2, 0) is 11.2 Å². The van der Waals surface area contributed by atoms with Gasteiger partial charge in [0.1, 0.15) is 5.78 Å². The maximum absolute atomic E-state index is 12.1. The summed E-state index contributed by atoms with van der Waals surface area (Å²) in [4.78, 5) is 12.1. The van der Waals surface area contributed by atoms with E-state index in [4.69, 9.17) is 5.73 Å². The van der Waals surface area contributed by atoms with E-state index in [-0.39, 0.29) is 5.78 Å². The fourth-order valence-corrected chi connectivity index (χ4v) is 1.83. The van der Waals surface area contributed by atoms with Crippen LogP contribution in [0.3, 0.4) is 0 Å². The van der Waals surface area contributed by atoms with Crippen LogP contribution < -0.4 is 5.73 Å². The SMILES string of the molecule is CC(C)(N)C(C)(C)C(=O)Cc1ccsc1. The summed E-state index contributed by atoms with van der Waals surface area (Å²) in [6.45, 7) is 7.64. The van der Waals surface area contributed by atoms with Crippen molar-refractivity contribution in [3.05, 3.63) is 22.4 Å². The number of nitrogens with two attached hydrogens (primary N) is 1. The number of hydrogen-bond acceptors (Lipinski definition) is 3. The Morgan fingerprint density at radius 1 is 1.40 bits per heavy atom. The lowest BCUT2D eigenvalue weighted by atomic mass is 9.71. The lowest BCUT2D eigenvalue weighted by molar-refractivity contribution is -0.129. The molecular formula is C12H19NOS. The first-order valence-electron chi connectivity index (χ1n) is 5.08. The number of carbonyl (C=O) groups excluding carboxylic acids is 1. The van der Waals surface area contributed by atoms with E-state index in [0.717, 1.165) is 5.56 Å². The lowest BCUT2D eigenvalue weighted by Gasteiger charge is -2.37. The normalized spacial score (nSPS) is 12.9. The van der Waals surface area contributed by atoms with Crippen LogP contribution in [0.1, 0.15) is 33.3 Å². The summed E-state index contributed by atoms with van der Waals surface area (Å²) < 4.78 is 0. The molecule has 0 atom stereocenters. The van der Waals surface area contributed by atoms with Crippen molar-refractivity contribution in [2.24, 2.45) is 11.1 Å². The van der Waals surface area contributed by atoms with Gasteiger partial charge in [0, 0.05) is 17.4 Å². The molecule has 1 heterocycles. The molecule has 0 spiro atoms. The van der Waals surface area contributed by atoms with Crippen molar-refractivity contribution < 1.29 is 4.79 Å². The first-order valence-corrected chi connectivity index (χ1v) is 6.02. The quantitative estimate of drug-likeness (QED) is 0.856. The van der Waals surface area contributed by atoms with Gasteiger partial charge in [-0.2, -0.15) is 11.3 Å². The second-order valence-electron chi connectivity index (χ2n) is 5.08. The fourth-order valence-electron chi connectivity index (χ4n) is 1.16. The number of carbonyl (C=O) groups is 1. The van der Waals surface area contributed by atoms with Gasteiger partial charge in [0.05, 0.1) is 0 Å². The van der Waals surface area contributed by atoms with Gasteiger partial charge in [-0.05, 0) is 36.2 Å². The van der Waals surface area contributed by atoms with Crippen LogP contribution in [0, 0.1) is 5.41 Å². The summed E-state index contributed by atoms with van der Waals surface area (Å²) in [5, 5.41) is 4.00. The van der Waals surface area contributed by atoms with E-state index in [1.807, 2.05) is 44.5 Å². The summed E-state index contributed by atoms with van der Waals surface area (Å²) >= 11 is 1.62. The van der Waals surface area contributed by atoms with Gasteiger partial charge in [0.15, 0.2) is 0 Å². The highest BCUT2D eigenvalue weighted by atomic mass is 32.1. The Morgan fingerprint density at radius 3 is 2.40 bits per heavy atom. The highest BCUT2D eigenvalue weighted by molar-refractivity contribution is 7.07. The molecule has 0 saturated carbocycles. The number of thiophene rings is 1. The molecule has 3 heteroatoms. The van der Waals surface area contributed by atoms with Gasteiger partial charge in [-0.15, -0.1) is 0 Å². The molecule has 2 N–H and O–H groups in total. The predicted molar refractivity (Wildman–Crippen MR) is 65.1 cm³/mol. The van der Waals surface area contributed by atoms with Gasteiger partial charge in [0.25, 0.3) is 0 Å². The zero-order chi connectivity index (χ0) is 11.7. The molecule has 1 aromatic heterocycles. The fraction of sp³-hybridized carbons (Fsp3) is 0.583. The van der Waals surface area contributed by atoms with Gasteiger partial charge in [-0.3, -0.25) is 4.79 Å². The molecule has 84 valence electrons. The Balaban J connectivity index is 2.77. The first kappa shape index (κ1) is 12.4. The Kier molecular flexibility index (Phi) is 3.36. The summed E-state index contributed by atoms with van der Waals surface area (Å²) in [6, 6.07) is 1.99. The van der Waals surface area contributed by atoms with Crippen molar-refractivity contribution in [2.75, 3.05) is 0 Å². The number of ketones is 1. The van der Waals surface area contributed by atoms with Crippen molar-refractivity contribution in [3.8, 4) is 0 Å². The van der Waals surface area contributed by atoms with E-state index in [0.29, 0.717) is 6.42 Å². The average molecular weight is 225 g/mol. The molecule has 0 unspecified atom stereocenters. The highest BCUT2D eigenvalue weighted by Crippen LogP contribution is 2.30. The number of hydrogen-bond donors (Lipinski definition) is 1. The Labute approximate surface area is 95.5 Å². The number of rotatable bonds is 4. The maximum Gasteiger partial charge on any atom is 0.144 e. The maximum atomic E-state index is 12.1. The minimum Gasteiger partial charge on any atom is -0.325 e. The average Bonchev–Trinajstić information content (AvgIpc) is 2.54. The third-order valence-electron chi connectivity index (χ3n) is 3.25. The molecule has 0 aliphatic rings. The molecule has 0 saturated heterocycles. The molecule has 0 fully saturated rings. The molecule has 1 aromatic rings. The zero-order valence-corrected chi connectivity index (χ0v) is 10.6. The smallest absolute Gasteiger partial charge is 0.144 e. The molecule has 0 aliphatic heterocycles. The molecule has 0 radical (unpaired) electrons. The zero-order valence-electron chi connectivity index (χ0n) is 9.83. The van der Waals surface area contributed by atoms with Gasteiger partial charge in [-0.1, -0.05) is 13.8 Å². The highest BCUT2D eigenvalue weighted by Gasteiger charge is 2.39. The minimum atomic E-state index is -0.491. The molecular weight excluding hydrogens is 206 g/mol. The summed E-state index contributed by atoms with van der Waals surface area (Å²) in [7, 11) is 0. The monoisotopic (exact) mass is 225 g/mol. The largest absolute Gasteiger partial charge is 0.325 e. The van der Waals surface area contributed by atoms with E-state index < -0.39 is 11.0 Å². The lowest BCUT2D eigenvalue weighted by Crippen LogP contribution is -2.52. The van der Waals surface area contributed by atoms with Gasteiger partial charge < -0.3 is 5.73 Å². The minimum absolute atomic E-state index is 0.202. The van der Waals surface area contributed by atoms with E-state index in [9.17, 15) is 4.79 Å². The van der Waals surface area contributed by atoms with Crippen LogP contribution in [0.5, 0.6) is 0 Å². The summed E-state index contributed by atoms with van der Waals surface area (Å²) in [5.41, 5.74) is 6.13. The van der Waals surface area contributed by atoms with Crippen molar-refractivity contribution >= 4 is 17.1 Å². The van der Waals surface area contributed by atoms with Gasteiger partial charge in [0.2, 0.25) is 0 Å². The van der Waals surface area contributed by atoms with Crippen molar-refractivity contribution in [1.82, 2.24) is 0 Å². The van der Waals surface area contributed by atoms with Crippen LogP contribution in [0.15, 0.2) is 16.8 Å². The van der Waals surface area contributed by atoms with E-state index in [2.05, 4.69) is 0 Å². The Morgan fingerprint density at radius 2 is 2.00 bits per heavy atom.